The summed E-state index contributed by atoms with van der Waals surface area (Å²) in [5.74, 6) is -4.39. The molecule has 0 fully saturated rings. The smallest absolute Gasteiger partial charge is 0.475 e. The van der Waals surface area contributed by atoms with E-state index in [2.05, 4.69) is 10.6 Å². The zero-order valence-electron chi connectivity index (χ0n) is 19.5. The Balaban J connectivity index is 0.000000638. The summed E-state index contributed by atoms with van der Waals surface area (Å²) in [6.07, 6.45) is -5.08. The van der Waals surface area contributed by atoms with Gasteiger partial charge in [0, 0.05) is 17.8 Å². The van der Waals surface area contributed by atoms with Gasteiger partial charge >= 0.3 is 12.1 Å². The summed E-state index contributed by atoms with van der Waals surface area (Å²) in [5.41, 5.74) is 13.2. The maximum Gasteiger partial charge on any atom is 0.490 e. The summed E-state index contributed by atoms with van der Waals surface area (Å²) in [6.45, 7) is 0.294. The standard InChI is InChI=1S/C23H21ClN4O3.C2HF3O2/c24-19-10-9-17(12-18(19)21(26)29)27-23(31)20(15-6-2-1-3-7-15)28-22(30)16-8-4-5-14(11-16)13-25;3-2(4,5)1(6)7/h1-12,20H,13,25H2,(H2,26,29)(H,27,31)(H,28,30);(H,6,7). The summed E-state index contributed by atoms with van der Waals surface area (Å²) in [7, 11) is 0. The van der Waals surface area contributed by atoms with E-state index >= 15 is 0 Å². The molecule has 3 rings (SSSR count). The van der Waals surface area contributed by atoms with Crippen LogP contribution in [0.5, 0.6) is 0 Å². The number of aliphatic carboxylic acids is 1. The lowest BCUT2D eigenvalue weighted by molar-refractivity contribution is -0.192. The number of rotatable bonds is 7. The summed E-state index contributed by atoms with van der Waals surface area (Å²) in [5, 5.41) is 12.8. The fraction of sp³-hybridized carbons (Fsp3) is 0.120. The number of halogens is 4. The monoisotopic (exact) mass is 550 g/mol. The number of primary amides is 1. The molecule has 3 aromatic carbocycles. The third-order valence-corrected chi connectivity index (χ3v) is 5.17. The topological polar surface area (TPSA) is 165 Å². The Morgan fingerprint density at radius 1 is 0.947 bits per heavy atom. The molecular weight excluding hydrogens is 529 g/mol. The third-order valence-electron chi connectivity index (χ3n) is 4.84. The van der Waals surface area contributed by atoms with E-state index in [-0.39, 0.29) is 10.6 Å². The molecule has 0 spiro atoms. The Labute approximate surface area is 219 Å². The Hall–Kier alpha value is -4.42. The first-order valence-electron chi connectivity index (χ1n) is 10.7. The van der Waals surface area contributed by atoms with Crippen LogP contribution in [0.3, 0.4) is 0 Å². The molecule has 1 atom stereocenters. The van der Waals surface area contributed by atoms with Gasteiger partial charge in [-0.1, -0.05) is 54.1 Å². The molecule has 9 nitrogen and oxygen atoms in total. The van der Waals surface area contributed by atoms with Crippen molar-refractivity contribution in [2.45, 2.75) is 18.8 Å². The number of hydrogen-bond acceptors (Lipinski definition) is 5. The van der Waals surface area contributed by atoms with Crippen LogP contribution in [0.4, 0.5) is 18.9 Å². The van der Waals surface area contributed by atoms with Crippen molar-refractivity contribution in [3.63, 3.8) is 0 Å². The summed E-state index contributed by atoms with van der Waals surface area (Å²) < 4.78 is 31.7. The molecule has 0 saturated carbocycles. The largest absolute Gasteiger partial charge is 0.490 e. The number of anilines is 1. The second-order valence-corrected chi connectivity index (χ2v) is 7.98. The molecule has 3 aromatic rings. The number of carbonyl (C=O) groups is 4. The first kappa shape index (κ1) is 29.8. The maximum atomic E-state index is 13.1. The van der Waals surface area contributed by atoms with Crippen LogP contribution in [0.25, 0.3) is 0 Å². The zero-order valence-corrected chi connectivity index (χ0v) is 20.2. The minimum absolute atomic E-state index is 0.0818. The van der Waals surface area contributed by atoms with Crippen LogP contribution >= 0.6 is 11.6 Å². The fourth-order valence-electron chi connectivity index (χ4n) is 3.01. The van der Waals surface area contributed by atoms with E-state index in [1.165, 1.54) is 12.1 Å². The second kappa shape index (κ2) is 13.2. The maximum absolute atomic E-state index is 13.1. The Bertz CT molecular complexity index is 1320. The van der Waals surface area contributed by atoms with Gasteiger partial charge in [-0.05, 0) is 41.5 Å². The molecular formula is C25H22ClF3N4O5. The predicted octanol–water partition coefficient (Wildman–Crippen LogP) is 3.64. The summed E-state index contributed by atoms with van der Waals surface area (Å²) >= 11 is 5.97. The minimum atomic E-state index is -5.08. The van der Waals surface area contributed by atoms with E-state index in [4.69, 9.17) is 33.0 Å². The molecule has 7 N–H and O–H groups in total. The van der Waals surface area contributed by atoms with Crippen molar-refractivity contribution in [3.05, 3.63) is 100 Å². The molecule has 0 heterocycles. The highest BCUT2D eigenvalue weighted by atomic mass is 35.5. The van der Waals surface area contributed by atoms with Crippen molar-refractivity contribution in [1.29, 1.82) is 0 Å². The number of nitrogens with two attached hydrogens (primary N) is 2. The third kappa shape index (κ3) is 8.61. The van der Waals surface area contributed by atoms with Crippen LogP contribution in [-0.2, 0) is 16.1 Å². The number of alkyl halides is 3. The van der Waals surface area contributed by atoms with Gasteiger partial charge in [0.2, 0.25) is 5.91 Å². The normalized spacial score (nSPS) is 11.4. The number of hydrogen-bond donors (Lipinski definition) is 5. The number of carboxylic acid groups (broad SMARTS) is 1. The molecule has 3 amide bonds. The predicted molar refractivity (Wildman–Crippen MR) is 133 cm³/mol. The average molecular weight is 551 g/mol. The summed E-state index contributed by atoms with van der Waals surface area (Å²) in [6, 6.07) is 19.1. The molecule has 0 aromatic heterocycles. The van der Waals surface area contributed by atoms with Crippen molar-refractivity contribution in [2.24, 2.45) is 11.5 Å². The van der Waals surface area contributed by atoms with E-state index in [1.54, 1.807) is 48.5 Å². The SMILES string of the molecule is NCc1cccc(C(=O)NC(C(=O)Nc2ccc(Cl)c(C(N)=O)c2)c2ccccc2)c1.O=C(O)C(F)(F)F. The van der Waals surface area contributed by atoms with E-state index < -0.39 is 35.9 Å². The highest BCUT2D eigenvalue weighted by Gasteiger charge is 2.38. The van der Waals surface area contributed by atoms with Crippen molar-refractivity contribution in [1.82, 2.24) is 5.32 Å². The van der Waals surface area contributed by atoms with Crippen molar-refractivity contribution >= 4 is 41.0 Å². The number of carbonyl (C=O) groups excluding carboxylic acids is 3. The number of nitrogens with one attached hydrogen (secondary N) is 2. The fourth-order valence-corrected chi connectivity index (χ4v) is 3.22. The van der Waals surface area contributed by atoms with Crippen LogP contribution in [0.2, 0.25) is 5.02 Å². The first-order chi connectivity index (χ1) is 17.8. The van der Waals surface area contributed by atoms with Gasteiger partial charge in [0.1, 0.15) is 6.04 Å². The Morgan fingerprint density at radius 2 is 1.58 bits per heavy atom. The van der Waals surface area contributed by atoms with Crippen LogP contribution in [0.15, 0.2) is 72.8 Å². The molecule has 0 saturated heterocycles. The van der Waals surface area contributed by atoms with E-state index in [0.717, 1.165) is 5.56 Å². The molecule has 13 heteroatoms. The number of carboxylic acids is 1. The van der Waals surface area contributed by atoms with Crippen molar-refractivity contribution in [2.75, 3.05) is 5.32 Å². The molecule has 0 bridgehead atoms. The van der Waals surface area contributed by atoms with Crippen molar-refractivity contribution < 1.29 is 37.5 Å². The quantitative estimate of drug-likeness (QED) is 0.301. The molecule has 1 unspecified atom stereocenters. The van der Waals surface area contributed by atoms with Crippen LogP contribution < -0.4 is 22.1 Å². The molecule has 0 aliphatic heterocycles. The Morgan fingerprint density at radius 3 is 2.13 bits per heavy atom. The van der Waals surface area contributed by atoms with E-state index in [0.29, 0.717) is 23.4 Å². The van der Waals surface area contributed by atoms with Crippen molar-refractivity contribution in [3.8, 4) is 0 Å². The lowest BCUT2D eigenvalue weighted by atomic mass is 10.0. The molecule has 0 aliphatic carbocycles. The Kier molecular flexibility index (Phi) is 10.4. The second-order valence-electron chi connectivity index (χ2n) is 7.57. The minimum Gasteiger partial charge on any atom is -0.475 e. The highest BCUT2D eigenvalue weighted by Crippen LogP contribution is 2.22. The molecule has 0 radical (unpaired) electrons. The van der Waals surface area contributed by atoms with Gasteiger partial charge in [0.15, 0.2) is 0 Å². The van der Waals surface area contributed by atoms with Crippen LogP contribution in [-0.4, -0.2) is 35.0 Å². The van der Waals surface area contributed by atoms with E-state index in [9.17, 15) is 27.6 Å². The van der Waals surface area contributed by atoms with Gasteiger partial charge in [0.05, 0.1) is 10.6 Å². The van der Waals surface area contributed by atoms with Gasteiger partial charge in [-0.2, -0.15) is 13.2 Å². The zero-order chi connectivity index (χ0) is 28.5. The average Bonchev–Trinajstić information content (AvgIpc) is 2.88. The van der Waals surface area contributed by atoms with Gasteiger partial charge in [-0.3, -0.25) is 14.4 Å². The van der Waals surface area contributed by atoms with Gasteiger partial charge in [0.25, 0.3) is 11.8 Å². The molecule has 0 aliphatic rings. The van der Waals surface area contributed by atoms with Gasteiger partial charge < -0.3 is 27.2 Å². The molecule has 38 heavy (non-hydrogen) atoms. The molecule has 200 valence electrons. The summed E-state index contributed by atoms with van der Waals surface area (Å²) in [4.78, 5) is 46.3. The number of benzene rings is 3. The lowest BCUT2D eigenvalue weighted by Gasteiger charge is -2.19. The van der Waals surface area contributed by atoms with E-state index in [1.807, 2.05) is 12.1 Å². The first-order valence-corrected chi connectivity index (χ1v) is 11.1. The number of amides is 3. The van der Waals surface area contributed by atoms with Crippen LogP contribution in [0.1, 0.15) is 37.9 Å². The lowest BCUT2D eigenvalue weighted by Crippen LogP contribution is -2.37. The highest BCUT2D eigenvalue weighted by molar-refractivity contribution is 6.34. The van der Waals surface area contributed by atoms with Crippen LogP contribution in [0, 0.1) is 0 Å². The van der Waals surface area contributed by atoms with Gasteiger partial charge in [-0.15, -0.1) is 0 Å². The van der Waals surface area contributed by atoms with Gasteiger partial charge in [-0.25, -0.2) is 4.79 Å².